The minimum Gasteiger partial charge on any atom is -0.478 e. The molecule has 2 aromatic heterocycles. The van der Waals surface area contributed by atoms with Crippen molar-refractivity contribution in [3.63, 3.8) is 0 Å². The number of carbonyl (C=O) groups is 1. The van der Waals surface area contributed by atoms with Crippen LogP contribution in [0.3, 0.4) is 0 Å². The molecule has 1 aromatic carbocycles. The average molecular weight is 352 g/mol. The van der Waals surface area contributed by atoms with Gasteiger partial charge in [0.25, 0.3) is 0 Å². The van der Waals surface area contributed by atoms with Crippen molar-refractivity contribution >= 4 is 33.6 Å². The Morgan fingerprint density at radius 3 is 2.77 bits per heavy atom. The molecule has 2 heterocycles. The van der Waals surface area contributed by atoms with E-state index in [0.717, 1.165) is 47.8 Å². The molecular formula is C19H20N4O3. The number of unbranched alkanes of at least 4 members (excludes halogenated alkanes) is 1. The number of aromatic carboxylic acids is 1. The SMILES string of the molecule is O=C(O)c1ccc2c(c1)nc(NC1CC1)c1nc(CCCCO)ncc12. The van der Waals surface area contributed by atoms with E-state index < -0.39 is 5.97 Å². The number of rotatable bonds is 7. The highest BCUT2D eigenvalue weighted by molar-refractivity contribution is 6.09. The first-order chi connectivity index (χ1) is 12.7. The van der Waals surface area contributed by atoms with Crippen molar-refractivity contribution in [2.75, 3.05) is 11.9 Å². The van der Waals surface area contributed by atoms with Gasteiger partial charge in [0.05, 0.1) is 11.1 Å². The van der Waals surface area contributed by atoms with Gasteiger partial charge < -0.3 is 15.5 Å². The molecular weight excluding hydrogens is 332 g/mol. The molecule has 134 valence electrons. The smallest absolute Gasteiger partial charge is 0.335 e. The Balaban J connectivity index is 1.84. The van der Waals surface area contributed by atoms with Gasteiger partial charge in [-0.2, -0.15) is 0 Å². The fraction of sp³-hybridized carbons (Fsp3) is 0.368. The number of benzene rings is 1. The highest BCUT2D eigenvalue weighted by atomic mass is 16.4. The van der Waals surface area contributed by atoms with E-state index in [4.69, 9.17) is 10.1 Å². The Kier molecular flexibility index (Phi) is 4.38. The van der Waals surface area contributed by atoms with E-state index in [1.807, 2.05) is 0 Å². The molecule has 0 saturated heterocycles. The Bertz CT molecular complexity index is 985. The lowest BCUT2D eigenvalue weighted by atomic mass is 10.1. The molecule has 7 heteroatoms. The number of fused-ring (bicyclic) bond motifs is 3. The van der Waals surface area contributed by atoms with Gasteiger partial charge in [-0.3, -0.25) is 0 Å². The molecule has 3 aromatic rings. The molecule has 0 atom stereocenters. The molecule has 7 nitrogen and oxygen atoms in total. The molecule has 26 heavy (non-hydrogen) atoms. The number of nitrogens with zero attached hydrogens (tertiary/aromatic N) is 3. The molecule has 1 aliphatic carbocycles. The van der Waals surface area contributed by atoms with Crippen LogP contribution in [0.4, 0.5) is 5.82 Å². The van der Waals surface area contributed by atoms with E-state index in [9.17, 15) is 9.90 Å². The minimum atomic E-state index is -0.971. The zero-order chi connectivity index (χ0) is 18.1. The number of aryl methyl sites for hydroxylation is 1. The van der Waals surface area contributed by atoms with Crippen molar-refractivity contribution in [1.29, 1.82) is 0 Å². The predicted molar refractivity (Wildman–Crippen MR) is 98.5 cm³/mol. The van der Waals surface area contributed by atoms with Crippen LogP contribution in [-0.4, -0.2) is 43.8 Å². The van der Waals surface area contributed by atoms with Crippen molar-refractivity contribution < 1.29 is 15.0 Å². The first-order valence-electron chi connectivity index (χ1n) is 8.86. The second-order valence-corrected chi connectivity index (χ2v) is 6.65. The number of anilines is 1. The highest BCUT2D eigenvalue weighted by Gasteiger charge is 2.23. The highest BCUT2D eigenvalue weighted by Crippen LogP contribution is 2.32. The summed E-state index contributed by atoms with van der Waals surface area (Å²) < 4.78 is 0. The van der Waals surface area contributed by atoms with E-state index in [-0.39, 0.29) is 12.2 Å². The molecule has 0 amide bonds. The number of aliphatic hydroxyl groups excluding tert-OH is 1. The first-order valence-corrected chi connectivity index (χ1v) is 8.86. The number of nitrogens with one attached hydrogen (secondary N) is 1. The second kappa shape index (κ2) is 6.84. The molecule has 0 aliphatic heterocycles. The standard InChI is InChI=1S/C19H20N4O3/c24-8-2-1-3-16-20-10-14-13-7-4-11(19(25)26)9-15(13)22-18(17(14)23-16)21-12-5-6-12/h4,7,9-10,12,24H,1-3,5-6,8H2,(H,21,22)(H,25,26). The zero-order valence-electron chi connectivity index (χ0n) is 14.3. The summed E-state index contributed by atoms with van der Waals surface area (Å²) in [5, 5.41) is 23.3. The number of hydrogen-bond acceptors (Lipinski definition) is 6. The van der Waals surface area contributed by atoms with Crippen molar-refractivity contribution in [3.05, 3.63) is 35.8 Å². The lowest BCUT2D eigenvalue weighted by Gasteiger charge is -2.11. The van der Waals surface area contributed by atoms with E-state index >= 15 is 0 Å². The monoisotopic (exact) mass is 352 g/mol. The van der Waals surface area contributed by atoms with Crippen molar-refractivity contribution in [2.24, 2.45) is 0 Å². The van der Waals surface area contributed by atoms with E-state index in [2.05, 4.69) is 15.3 Å². The van der Waals surface area contributed by atoms with E-state index in [1.54, 1.807) is 24.4 Å². The maximum Gasteiger partial charge on any atom is 0.335 e. The summed E-state index contributed by atoms with van der Waals surface area (Å²) >= 11 is 0. The molecule has 1 aliphatic rings. The van der Waals surface area contributed by atoms with Gasteiger partial charge in [0.1, 0.15) is 11.3 Å². The number of carboxylic acid groups (broad SMARTS) is 1. The number of pyridine rings is 1. The van der Waals surface area contributed by atoms with Crippen LogP contribution in [0, 0.1) is 0 Å². The Morgan fingerprint density at radius 2 is 2.04 bits per heavy atom. The van der Waals surface area contributed by atoms with Gasteiger partial charge in [-0.25, -0.2) is 19.7 Å². The lowest BCUT2D eigenvalue weighted by Crippen LogP contribution is -2.07. The summed E-state index contributed by atoms with van der Waals surface area (Å²) in [4.78, 5) is 25.1. The number of aliphatic hydroxyl groups is 1. The predicted octanol–water partition coefficient (Wildman–Crippen LogP) is 2.77. The van der Waals surface area contributed by atoms with Gasteiger partial charge in [-0.05, 0) is 37.8 Å². The summed E-state index contributed by atoms with van der Waals surface area (Å²) in [6.45, 7) is 0.167. The van der Waals surface area contributed by atoms with Gasteiger partial charge in [-0.15, -0.1) is 0 Å². The molecule has 1 fully saturated rings. The van der Waals surface area contributed by atoms with Crippen LogP contribution < -0.4 is 5.32 Å². The fourth-order valence-corrected chi connectivity index (χ4v) is 2.99. The normalized spacial score (nSPS) is 14.0. The van der Waals surface area contributed by atoms with Crippen LogP contribution in [0.25, 0.3) is 21.8 Å². The third kappa shape index (κ3) is 3.30. The van der Waals surface area contributed by atoms with E-state index in [1.165, 1.54) is 0 Å². The summed E-state index contributed by atoms with van der Waals surface area (Å²) in [5.74, 6) is 0.442. The van der Waals surface area contributed by atoms with Crippen LogP contribution in [0.15, 0.2) is 24.4 Å². The van der Waals surface area contributed by atoms with Gasteiger partial charge >= 0.3 is 5.97 Å². The van der Waals surface area contributed by atoms with Crippen LogP contribution in [0.2, 0.25) is 0 Å². The molecule has 0 radical (unpaired) electrons. The summed E-state index contributed by atoms with van der Waals surface area (Å²) in [6, 6.07) is 5.34. The molecule has 0 spiro atoms. The van der Waals surface area contributed by atoms with Gasteiger partial charge in [0, 0.05) is 36.0 Å². The lowest BCUT2D eigenvalue weighted by molar-refractivity contribution is 0.0697. The first kappa shape index (κ1) is 16.7. The maximum absolute atomic E-state index is 11.3. The quantitative estimate of drug-likeness (QED) is 0.443. The van der Waals surface area contributed by atoms with Crippen LogP contribution >= 0.6 is 0 Å². The van der Waals surface area contributed by atoms with Gasteiger partial charge in [-0.1, -0.05) is 6.07 Å². The largest absolute Gasteiger partial charge is 0.478 e. The maximum atomic E-state index is 11.3. The Labute approximate surface area is 150 Å². The summed E-state index contributed by atoms with van der Waals surface area (Å²) in [5.41, 5.74) is 1.60. The van der Waals surface area contributed by atoms with Crippen molar-refractivity contribution in [2.45, 2.75) is 38.1 Å². The molecule has 0 bridgehead atoms. The summed E-state index contributed by atoms with van der Waals surface area (Å²) in [6.07, 6.45) is 6.25. The van der Waals surface area contributed by atoms with E-state index in [0.29, 0.717) is 23.8 Å². The Morgan fingerprint density at radius 1 is 1.19 bits per heavy atom. The number of carboxylic acids is 1. The number of aromatic nitrogens is 3. The third-order valence-corrected chi connectivity index (χ3v) is 4.56. The fourth-order valence-electron chi connectivity index (χ4n) is 2.99. The minimum absolute atomic E-state index is 0.167. The van der Waals surface area contributed by atoms with Crippen LogP contribution in [-0.2, 0) is 6.42 Å². The average Bonchev–Trinajstić information content (AvgIpc) is 3.45. The van der Waals surface area contributed by atoms with Gasteiger partial charge in [0.15, 0.2) is 5.82 Å². The van der Waals surface area contributed by atoms with Crippen molar-refractivity contribution in [3.8, 4) is 0 Å². The second-order valence-electron chi connectivity index (χ2n) is 6.65. The molecule has 1 saturated carbocycles. The zero-order valence-corrected chi connectivity index (χ0v) is 14.3. The number of hydrogen-bond donors (Lipinski definition) is 3. The van der Waals surface area contributed by atoms with Crippen LogP contribution in [0.5, 0.6) is 0 Å². The molecule has 3 N–H and O–H groups in total. The topological polar surface area (TPSA) is 108 Å². The van der Waals surface area contributed by atoms with Gasteiger partial charge in [0.2, 0.25) is 0 Å². The van der Waals surface area contributed by atoms with Crippen molar-refractivity contribution in [1.82, 2.24) is 15.0 Å². The molecule has 0 unspecified atom stereocenters. The molecule has 4 rings (SSSR count). The third-order valence-electron chi connectivity index (χ3n) is 4.56. The summed E-state index contributed by atoms with van der Waals surface area (Å²) in [7, 11) is 0. The van der Waals surface area contributed by atoms with Crippen LogP contribution in [0.1, 0.15) is 41.9 Å². The Hall–Kier alpha value is -2.80.